The van der Waals surface area contributed by atoms with Gasteiger partial charge in [0, 0.05) is 0 Å². The Bertz CT molecular complexity index is 449. The molecule has 26 heavy (non-hydrogen) atoms. The van der Waals surface area contributed by atoms with E-state index in [0.29, 0.717) is 28.8 Å². The predicted molar refractivity (Wildman–Crippen MR) is 116 cm³/mol. The van der Waals surface area contributed by atoms with Crippen molar-refractivity contribution < 1.29 is 4.74 Å². The van der Waals surface area contributed by atoms with Crippen LogP contribution in [0.5, 0.6) is 0 Å². The zero-order valence-corrected chi connectivity index (χ0v) is 19.0. The Morgan fingerprint density at radius 2 is 1.77 bits per heavy atom. The maximum Gasteiger partial charge on any atom is 0.115 e. The van der Waals surface area contributed by atoms with E-state index < -0.39 is 0 Å². The number of rotatable bonds is 11. The summed E-state index contributed by atoms with van der Waals surface area (Å²) < 4.78 is 6.30. The van der Waals surface area contributed by atoms with Gasteiger partial charge in [0.2, 0.25) is 0 Å². The standard InChI is InChI=1S/C25H46O/c1-9-12-13-14-21(10-2)26-22-17-15-20(16-18-22)23(24(4,5)6)19-25(7,8)11-3/h15,17-18,20-21,23H,9-14,16,19H2,1-8H3. The number of hydrogen-bond acceptors (Lipinski definition) is 1. The Hall–Kier alpha value is -0.720. The summed E-state index contributed by atoms with van der Waals surface area (Å²) in [5.41, 5.74) is 0.749. The Morgan fingerprint density at radius 3 is 2.23 bits per heavy atom. The van der Waals surface area contributed by atoms with Crippen molar-refractivity contribution in [3.8, 4) is 0 Å². The summed E-state index contributed by atoms with van der Waals surface area (Å²) in [6.07, 6.45) is 17.3. The Labute approximate surface area is 164 Å². The molecule has 0 saturated heterocycles. The number of unbranched alkanes of at least 4 members (excludes halogenated alkanes) is 2. The summed E-state index contributed by atoms with van der Waals surface area (Å²) in [5, 5.41) is 0. The minimum absolute atomic E-state index is 0.333. The van der Waals surface area contributed by atoms with Crippen molar-refractivity contribution in [1.82, 2.24) is 0 Å². The van der Waals surface area contributed by atoms with Gasteiger partial charge in [-0.1, -0.05) is 80.7 Å². The van der Waals surface area contributed by atoms with Crippen LogP contribution in [0.3, 0.4) is 0 Å². The van der Waals surface area contributed by atoms with Crippen LogP contribution in [0.25, 0.3) is 0 Å². The normalized spacial score (nSPS) is 20.6. The topological polar surface area (TPSA) is 9.23 Å². The lowest BCUT2D eigenvalue weighted by atomic mass is 9.64. The molecule has 0 aromatic rings. The highest BCUT2D eigenvalue weighted by Gasteiger charge is 2.35. The molecule has 1 nitrogen and oxygen atoms in total. The van der Waals surface area contributed by atoms with Crippen molar-refractivity contribution in [1.29, 1.82) is 0 Å². The minimum atomic E-state index is 0.333. The van der Waals surface area contributed by atoms with Crippen molar-refractivity contribution in [2.24, 2.45) is 22.7 Å². The Kier molecular flexibility index (Phi) is 9.48. The molecule has 1 aliphatic rings. The molecule has 0 bridgehead atoms. The molecule has 152 valence electrons. The van der Waals surface area contributed by atoms with Gasteiger partial charge in [-0.3, -0.25) is 0 Å². The van der Waals surface area contributed by atoms with E-state index in [4.69, 9.17) is 4.74 Å². The van der Waals surface area contributed by atoms with Crippen LogP contribution in [-0.4, -0.2) is 6.10 Å². The molecule has 1 rings (SSSR count). The van der Waals surface area contributed by atoms with Gasteiger partial charge in [-0.2, -0.15) is 0 Å². The van der Waals surface area contributed by atoms with E-state index in [1.807, 2.05) is 0 Å². The molecular formula is C25H46O. The second-order valence-electron chi connectivity index (χ2n) is 10.2. The van der Waals surface area contributed by atoms with Gasteiger partial charge in [-0.05, 0) is 66.9 Å². The fourth-order valence-corrected chi connectivity index (χ4v) is 4.00. The van der Waals surface area contributed by atoms with Crippen LogP contribution in [-0.2, 0) is 4.74 Å². The van der Waals surface area contributed by atoms with E-state index in [2.05, 4.69) is 73.6 Å². The van der Waals surface area contributed by atoms with Crippen molar-refractivity contribution >= 4 is 0 Å². The first-order chi connectivity index (χ1) is 12.1. The first-order valence-corrected chi connectivity index (χ1v) is 11.2. The summed E-state index contributed by atoms with van der Waals surface area (Å²) in [6.45, 7) is 18.9. The molecule has 1 aliphatic carbocycles. The van der Waals surface area contributed by atoms with Crippen LogP contribution in [0.1, 0.15) is 107 Å². The maximum atomic E-state index is 6.30. The van der Waals surface area contributed by atoms with Crippen molar-refractivity contribution in [3.63, 3.8) is 0 Å². The van der Waals surface area contributed by atoms with Crippen molar-refractivity contribution in [3.05, 3.63) is 24.0 Å². The first-order valence-electron chi connectivity index (χ1n) is 11.2. The zero-order chi connectivity index (χ0) is 19.8. The average Bonchev–Trinajstić information content (AvgIpc) is 2.59. The van der Waals surface area contributed by atoms with Gasteiger partial charge in [0.05, 0.1) is 6.10 Å². The highest BCUT2D eigenvalue weighted by atomic mass is 16.5. The predicted octanol–water partition coefficient (Wildman–Crippen LogP) is 8.31. The zero-order valence-electron chi connectivity index (χ0n) is 19.0. The molecule has 0 N–H and O–H groups in total. The van der Waals surface area contributed by atoms with Gasteiger partial charge in [0.15, 0.2) is 0 Å². The summed E-state index contributed by atoms with van der Waals surface area (Å²) in [5.74, 6) is 2.44. The summed E-state index contributed by atoms with van der Waals surface area (Å²) >= 11 is 0. The molecule has 0 radical (unpaired) electrons. The van der Waals surface area contributed by atoms with Crippen LogP contribution < -0.4 is 0 Å². The van der Waals surface area contributed by atoms with E-state index in [9.17, 15) is 0 Å². The molecular weight excluding hydrogens is 316 g/mol. The molecule has 0 spiro atoms. The molecule has 3 unspecified atom stereocenters. The van der Waals surface area contributed by atoms with E-state index in [-0.39, 0.29) is 0 Å². The van der Waals surface area contributed by atoms with Crippen LogP contribution in [0, 0.1) is 22.7 Å². The Balaban J connectivity index is 2.69. The molecule has 0 heterocycles. The molecule has 3 atom stereocenters. The quantitative estimate of drug-likeness (QED) is 0.336. The van der Waals surface area contributed by atoms with E-state index in [1.165, 1.54) is 38.5 Å². The highest BCUT2D eigenvalue weighted by Crippen LogP contribution is 2.44. The van der Waals surface area contributed by atoms with Crippen LogP contribution in [0.4, 0.5) is 0 Å². The molecule has 0 aliphatic heterocycles. The van der Waals surface area contributed by atoms with Crippen LogP contribution >= 0.6 is 0 Å². The van der Waals surface area contributed by atoms with E-state index in [1.54, 1.807) is 0 Å². The molecule has 1 heteroatoms. The molecule has 0 aromatic carbocycles. The lowest BCUT2D eigenvalue weighted by Crippen LogP contribution is -2.32. The third-order valence-electron chi connectivity index (χ3n) is 6.35. The first kappa shape index (κ1) is 23.3. The van der Waals surface area contributed by atoms with Gasteiger partial charge in [-0.25, -0.2) is 0 Å². The van der Waals surface area contributed by atoms with E-state index in [0.717, 1.165) is 18.6 Å². The lowest BCUT2D eigenvalue weighted by molar-refractivity contribution is 0.0982. The van der Waals surface area contributed by atoms with Crippen molar-refractivity contribution in [2.45, 2.75) is 113 Å². The number of ether oxygens (including phenoxy) is 1. The summed E-state index contributed by atoms with van der Waals surface area (Å²) in [7, 11) is 0. The van der Waals surface area contributed by atoms with Crippen LogP contribution in [0.2, 0.25) is 0 Å². The molecule has 0 aromatic heterocycles. The second-order valence-corrected chi connectivity index (χ2v) is 10.2. The van der Waals surface area contributed by atoms with Gasteiger partial charge in [0.1, 0.15) is 5.76 Å². The third kappa shape index (κ3) is 7.89. The highest BCUT2D eigenvalue weighted by molar-refractivity contribution is 5.19. The number of allylic oxidation sites excluding steroid dienone is 3. The molecule has 0 saturated carbocycles. The fourth-order valence-electron chi connectivity index (χ4n) is 4.00. The lowest BCUT2D eigenvalue weighted by Gasteiger charge is -2.41. The van der Waals surface area contributed by atoms with Crippen LogP contribution in [0.15, 0.2) is 24.0 Å². The van der Waals surface area contributed by atoms with E-state index >= 15 is 0 Å². The van der Waals surface area contributed by atoms with Gasteiger partial charge in [-0.15, -0.1) is 0 Å². The average molecular weight is 363 g/mol. The minimum Gasteiger partial charge on any atom is -0.491 e. The summed E-state index contributed by atoms with van der Waals surface area (Å²) in [4.78, 5) is 0. The van der Waals surface area contributed by atoms with Gasteiger partial charge in [0.25, 0.3) is 0 Å². The Morgan fingerprint density at radius 1 is 1.08 bits per heavy atom. The number of hydrogen-bond donors (Lipinski definition) is 0. The third-order valence-corrected chi connectivity index (χ3v) is 6.35. The summed E-state index contributed by atoms with van der Waals surface area (Å²) in [6, 6.07) is 0. The largest absolute Gasteiger partial charge is 0.491 e. The smallest absolute Gasteiger partial charge is 0.115 e. The maximum absolute atomic E-state index is 6.30. The fraction of sp³-hybridized carbons (Fsp3) is 0.840. The molecule has 0 amide bonds. The van der Waals surface area contributed by atoms with Gasteiger partial charge < -0.3 is 4.74 Å². The van der Waals surface area contributed by atoms with Crippen molar-refractivity contribution in [2.75, 3.05) is 0 Å². The monoisotopic (exact) mass is 362 g/mol. The SMILES string of the molecule is CCCCCC(CC)OC1=CCC(C(CC(C)(C)CC)C(C)(C)C)C=C1. The van der Waals surface area contributed by atoms with Gasteiger partial charge >= 0.3 is 0 Å². The molecule has 0 fully saturated rings. The second kappa shape index (κ2) is 10.6.